The fraction of sp³-hybridized carbons (Fsp3) is 0.107. The van der Waals surface area contributed by atoms with Gasteiger partial charge in [-0.3, -0.25) is 9.69 Å². The monoisotopic (exact) mass is 481 g/mol. The molecule has 7 heteroatoms. The number of aliphatic imine (C=N–C) groups is 1. The van der Waals surface area contributed by atoms with Crippen molar-refractivity contribution in [3.05, 3.63) is 107 Å². The van der Waals surface area contributed by atoms with Gasteiger partial charge in [0.1, 0.15) is 0 Å². The Kier molecular flexibility index (Phi) is 6.25. The van der Waals surface area contributed by atoms with E-state index in [4.69, 9.17) is 0 Å². The van der Waals surface area contributed by atoms with Crippen molar-refractivity contribution >= 4 is 51.5 Å². The fourth-order valence-corrected chi connectivity index (χ4v) is 5.18. The molecular weight excluding hydrogens is 458 g/mol. The van der Waals surface area contributed by atoms with Crippen molar-refractivity contribution in [2.75, 3.05) is 6.54 Å². The first-order chi connectivity index (χ1) is 17.0. The van der Waals surface area contributed by atoms with Crippen LogP contribution in [-0.2, 0) is 11.3 Å². The van der Waals surface area contributed by atoms with Crippen LogP contribution in [0.3, 0.4) is 0 Å². The number of fused-ring (bicyclic) bond motifs is 1. The Morgan fingerprint density at radius 3 is 2.57 bits per heavy atom. The van der Waals surface area contributed by atoms with Crippen LogP contribution < -0.4 is 0 Å². The van der Waals surface area contributed by atoms with Crippen LogP contribution in [0.1, 0.15) is 28.4 Å². The minimum Gasteiger partial charge on any atom is -0.478 e. The predicted octanol–water partition coefficient (Wildman–Crippen LogP) is 6.01. The van der Waals surface area contributed by atoms with Crippen LogP contribution in [0, 0.1) is 0 Å². The van der Waals surface area contributed by atoms with Crippen molar-refractivity contribution in [3.8, 4) is 0 Å². The van der Waals surface area contributed by atoms with Gasteiger partial charge in [0.15, 0.2) is 5.17 Å². The lowest BCUT2D eigenvalue weighted by Crippen LogP contribution is -2.28. The van der Waals surface area contributed by atoms with Crippen LogP contribution >= 0.6 is 11.8 Å². The smallest absolute Gasteiger partial charge is 0.335 e. The summed E-state index contributed by atoms with van der Waals surface area (Å²) in [7, 11) is 0. The molecule has 1 saturated heterocycles. The molecule has 1 N–H and O–H groups in total. The average Bonchev–Trinajstić information content (AvgIpc) is 3.36. The van der Waals surface area contributed by atoms with Gasteiger partial charge in [0, 0.05) is 35.8 Å². The summed E-state index contributed by atoms with van der Waals surface area (Å²) in [6.07, 6.45) is 4.01. The number of carboxylic acids is 1. The maximum atomic E-state index is 13.2. The number of likely N-dealkylation sites (N-methyl/N-ethyl adjacent to an activating group) is 1. The van der Waals surface area contributed by atoms with Crippen molar-refractivity contribution in [3.63, 3.8) is 0 Å². The molecule has 0 aliphatic carbocycles. The molecule has 2 heterocycles. The molecule has 3 aromatic carbocycles. The lowest BCUT2D eigenvalue weighted by Gasteiger charge is -2.12. The van der Waals surface area contributed by atoms with E-state index < -0.39 is 5.97 Å². The second-order valence-corrected chi connectivity index (χ2v) is 9.13. The van der Waals surface area contributed by atoms with Crippen molar-refractivity contribution < 1.29 is 14.7 Å². The molecule has 0 saturated carbocycles. The van der Waals surface area contributed by atoms with Gasteiger partial charge in [-0.2, -0.15) is 0 Å². The molecule has 0 unspecified atom stereocenters. The highest BCUT2D eigenvalue weighted by Crippen LogP contribution is 2.35. The number of thioether (sulfide) groups is 1. The van der Waals surface area contributed by atoms with Gasteiger partial charge in [0.25, 0.3) is 5.91 Å². The summed E-state index contributed by atoms with van der Waals surface area (Å²) in [5.41, 5.74) is 3.93. The summed E-state index contributed by atoms with van der Waals surface area (Å²) in [6.45, 7) is 3.10. The number of para-hydroxylation sites is 1. The normalized spacial score (nSPS) is 16.0. The van der Waals surface area contributed by atoms with Crippen LogP contribution in [0.15, 0.2) is 95.0 Å². The van der Waals surface area contributed by atoms with Crippen LogP contribution in [0.4, 0.5) is 5.69 Å². The molecule has 4 aromatic rings. The Hall–Kier alpha value is -4.10. The largest absolute Gasteiger partial charge is 0.478 e. The quantitative estimate of drug-likeness (QED) is 0.342. The Morgan fingerprint density at radius 2 is 1.80 bits per heavy atom. The molecule has 1 aliphatic rings. The standard InChI is InChI=1S/C28H23N3O3S/c1-2-31-26(32)25(35-28(31)29-22-12-8-11-20(15-22)27(33)34)16-21-18-30(17-19-9-4-3-5-10-19)24-14-7-6-13-23(21)24/h3-16,18H,2,17H2,1H3,(H,33,34)/b25-16+,29-28?. The molecule has 0 bridgehead atoms. The lowest BCUT2D eigenvalue weighted by molar-refractivity contribution is -0.122. The summed E-state index contributed by atoms with van der Waals surface area (Å²) >= 11 is 1.31. The van der Waals surface area contributed by atoms with Gasteiger partial charge in [-0.05, 0) is 54.6 Å². The highest BCUT2D eigenvalue weighted by Gasteiger charge is 2.32. The van der Waals surface area contributed by atoms with E-state index in [1.165, 1.54) is 29.5 Å². The summed E-state index contributed by atoms with van der Waals surface area (Å²) in [6, 6.07) is 24.9. The van der Waals surface area contributed by atoms with E-state index >= 15 is 0 Å². The van der Waals surface area contributed by atoms with Gasteiger partial charge in [0.05, 0.1) is 16.2 Å². The Morgan fingerprint density at radius 1 is 1.03 bits per heavy atom. The number of carbonyl (C=O) groups excluding carboxylic acids is 1. The first-order valence-electron chi connectivity index (χ1n) is 11.3. The highest BCUT2D eigenvalue weighted by atomic mass is 32.2. The minimum absolute atomic E-state index is 0.106. The number of hydrogen-bond acceptors (Lipinski definition) is 4. The van der Waals surface area contributed by atoms with Crippen LogP contribution in [-0.4, -0.2) is 38.2 Å². The number of aromatic nitrogens is 1. The van der Waals surface area contributed by atoms with E-state index in [-0.39, 0.29) is 11.5 Å². The molecule has 6 nitrogen and oxygen atoms in total. The third-order valence-corrected chi connectivity index (χ3v) is 6.83. The highest BCUT2D eigenvalue weighted by molar-refractivity contribution is 8.18. The summed E-state index contributed by atoms with van der Waals surface area (Å²) in [5, 5.41) is 10.9. The Balaban J connectivity index is 1.51. The molecular formula is C28H23N3O3S. The molecule has 0 atom stereocenters. The van der Waals surface area contributed by atoms with Gasteiger partial charge in [0.2, 0.25) is 0 Å². The molecule has 174 valence electrons. The zero-order chi connectivity index (χ0) is 24.4. The fourth-order valence-electron chi connectivity index (χ4n) is 4.13. The van der Waals surface area contributed by atoms with E-state index in [0.717, 1.165) is 23.0 Å². The lowest BCUT2D eigenvalue weighted by atomic mass is 10.1. The number of aromatic carboxylic acids is 1. The number of carbonyl (C=O) groups is 2. The summed E-state index contributed by atoms with van der Waals surface area (Å²) < 4.78 is 2.20. The van der Waals surface area contributed by atoms with Crippen LogP contribution in [0.25, 0.3) is 17.0 Å². The summed E-state index contributed by atoms with van der Waals surface area (Å²) in [4.78, 5) is 31.3. The third kappa shape index (κ3) is 4.63. The molecule has 0 radical (unpaired) electrons. The van der Waals surface area contributed by atoms with Gasteiger partial charge in [-0.25, -0.2) is 9.79 Å². The average molecular weight is 482 g/mol. The number of carboxylic acid groups (broad SMARTS) is 1. The SMILES string of the molecule is CCN1C(=O)/C(=C\c2cn(Cc3ccccc3)c3ccccc23)SC1=Nc1cccc(C(=O)O)c1. The third-order valence-electron chi connectivity index (χ3n) is 5.82. The van der Waals surface area contributed by atoms with E-state index in [1.54, 1.807) is 17.0 Å². The summed E-state index contributed by atoms with van der Waals surface area (Å²) in [5.74, 6) is -1.12. The second-order valence-electron chi connectivity index (χ2n) is 8.13. The molecule has 1 amide bonds. The first kappa shape index (κ1) is 22.7. The maximum absolute atomic E-state index is 13.2. The van der Waals surface area contributed by atoms with Crippen molar-refractivity contribution in [1.82, 2.24) is 9.47 Å². The molecule has 0 spiro atoms. The van der Waals surface area contributed by atoms with E-state index in [9.17, 15) is 14.7 Å². The van der Waals surface area contributed by atoms with Crippen molar-refractivity contribution in [1.29, 1.82) is 0 Å². The van der Waals surface area contributed by atoms with Crippen LogP contribution in [0.5, 0.6) is 0 Å². The second kappa shape index (κ2) is 9.64. The number of amidine groups is 1. The van der Waals surface area contributed by atoms with Crippen molar-refractivity contribution in [2.24, 2.45) is 4.99 Å². The molecule has 1 aliphatic heterocycles. The van der Waals surface area contributed by atoms with Crippen molar-refractivity contribution in [2.45, 2.75) is 13.5 Å². The predicted molar refractivity (Wildman–Crippen MR) is 141 cm³/mol. The van der Waals surface area contributed by atoms with E-state index in [2.05, 4.69) is 40.0 Å². The number of rotatable bonds is 6. The Labute approximate surface area is 207 Å². The number of hydrogen-bond donors (Lipinski definition) is 1. The topological polar surface area (TPSA) is 74.9 Å². The molecule has 1 aromatic heterocycles. The number of nitrogens with zero attached hydrogens (tertiary/aromatic N) is 3. The van der Waals surface area contributed by atoms with E-state index in [0.29, 0.717) is 22.3 Å². The Bertz CT molecular complexity index is 1490. The number of benzene rings is 3. The maximum Gasteiger partial charge on any atom is 0.335 e. The van der Waals surface area contributed by atoms with Crippen LogP contribution in [0.2, 0.25) is 0 Å². The molecule has 35 heavy (non-hydrogen) atoms. The molecule has 5 rings (SSSR count). The zero-order valence-electron chi connectivity index (χ0n) is 19.1. The van der Waals surface area contributed by atoms with Gasteiger partial charge >= 0.3 is 5.97 Å². The van der Waals surface area contributed by atoms with Gasteiger partial charge < -0.3 is 9.67 Å². The zero-order valence-corrected chi connectivity index (χ0v) is 19.9. The van der Waals surface area contributed by atoms with Gasteiger partial charge in [-0.15, -0.1) is 0 Å². The van der Waals surface area contributed by atoms with E-state index in [1.807, 2.05) is 43.3 Å². The number of amides is 1. The first-order valence-corrected chi connectivity index (χ1v) is 12.1. The minimum atomic E-state index is -1.01. The van der Waals surface area contributed by atoms with Gasteiger partial charge in [-0.1, -0.05) is 54.6 Å². The molecule has 1 fully saturated rings.